The van der Waals surface area contributed by atoms with Crippen LogP contribution in [0.5, 0.6) is 0 Å². The molecule has 1 aromatic heterocycles. The van der Waals surface area contributed by atoms with E-state index in [1.165, 1.54) is 11.8 Å². The quantitative estimate of drug-likeness (QED) is 0.889. The maximum Gasteiger partial charge on any atom is 0.256 e. The van der Waals surface area contributed by atoms with Crippen molar-refractivity contribution in [3.63, 3.8) is 0 Å². The second-order valence-electron chi connectivity index (χ2n) is 5.33. The highest BCUT2D eigenvalue weighted by molar-refractivity contribution is 5.98. The summed E-state index contributed by atoms with van der Waals surface area (Å²) in [4.78, 5) is 20.6. The average Bonchev–Trinajstić information content (AvgIpc) is 2.54. The van der Waals surface area contributed by atoms with E-state index in [2.05, 4.69) is 22.2 Å². The van der Waals surface area contributed by atoms with E-state index in [4.69, 9.17) is 5.73 Å². The van der Waals surface area contributed by atoms with Crippen molar-refractivity contribution < 1.29 is 4.79 Å². The van der Waals surface area contributed by atoms with Gasteiger partial charge >= 0.3 is 0 Å². The first-order chi connectivity index (χ1) is 10.5. The van der Waals surface area contributed by atoms with Crippen molar-refractivity contribution in [2.24, 2.45) is 0 Å². The van der Waals surface area contributed by atoms with Gasteiger partial charge in [0, 0.05) is 17.8 Å². The number of nitrogens with two attached hydrogens (primary N) is 1. The number of aromatic nitrogens is 2. The molecule has 3 N–H and O–H groups in total. The molecule has 0 spiro atoms. The summed E-state index contributed by atoms with van der Waals surface area (Å²) >= 11 is 0. The Balaban J connectivity index is 2.23. The minimum atomic E-state index is -0.236. The Kier molecular flexibility index (Phi) is 5.09. The second kappa shape index (κ2) is 7.02. The van der Waals surface area contributed by atoms with Gasteiger partial charge < -0.3 is 11.1 Å². The molecule has 2 rings (SSSR count). The lowest BCUT2D eigenvalue weighted by Crippen LogP contribution is -2.32. The number of hydrogen-bond donors (Lipinski definition) is 2. The number of aryl methyl sites for hydroxylation is 1. The molecule has 22 heavy (non-hydrogen) atoms. The van der Waals surface area contributed by atoms with Crippen molar-refractivity contribution in [2.45, 2.75) is 39.7 Å². The predicted molar refractivity (Wildman–Crippen MR) is 88.5 cm³/mol. The molecule has 1 amide bonds. The predicted octanol–water partition coefficient (Wildman–Crippen LogP) is 2.82. The van der Waals surface area contributed by atoms with Gasteiger partial charge in [-0.15, -0.1) is 0 Å². The zero-order valence-electron chi connectivity index (χ0n) is 13.3. The van der Waals surface area contributed by atoms with Crippen molar-refractivity contribution in [2.75, 3.05) is 5.73 Å². The lowest BCUT2D eigenvalue weighted by Gasteiger charge is -2.12. The van der Waals surface area contributed by atoms with Crippen LogP contribution in [0.3, 0.4) is 0 Å². The molecule has 0 radical (unpaired) electrons. The Morgan fingerprint density at radius 1 is 1.27 bits per heavy atom. The molecule has 5 nitrogen and oxygen atoms in total. The molecule has 0 aliphatic rings. The summed E-state index contributed by atoms with van der Waals surface area (Å²) in [6.07, 6.45) is 3.33. The van der Waals surface area contributed by atoms with Gasteiger partial charge in [-0.05, 0) is 25.3 Å². The van der Waals surface area contributed by atoms with Gasteiger partial charge in [0.15, 0.2) is 5.82 Å². The molecule has 0 aliphatic heterocycles. The van der Waals surface area contributed by atoms with Gasteiger partial charge in [0.1, 0.15) is 5.82 Å². The third kappa shape index (κ3) is 3.61. The Morgan fingerprint density at radius 2 is 1.95 bits per heavy atom. The summed E-state index contributed by atoms with van der Waals surface area (Å²) < 4.78 is 0. The number of anilines is 1. The van der Waals surface area contributed by atoms with Crippen molar-refractivity contribution in [1.29, 1.82) is 0 Å². The molecule has 0 bridgehead atoms. The monoisotopic (exact) mass is 298 g/mol. The summed E-state index contributed by atoms with van der Waals surface area (Å²) in [5, 5.41) is 2.86. The number of hydrogen-bond acceptors (Lipinski definition) is 4. The number of nitrogens with one attached hydrogen (secondary N) is 1. The summed E-state index contributed by atoms with van der Waals surface area (Å²) in [7, 11) is 0. The molecule has 0 saturated carbocycles. The molecule has 116 valence electrons. The fourth-order valence-corrected chi connectivity index (χ4v) is 2.00. The first-order valence-electron chi connectivity index (χ1n) is 7.57. The van der Waals surface area contributed by atoms with E-state index in [1.54, 1.807) is 0 Å². The molecule has 0 aliphatic carbocycles. The van der Waals surface area contributed by atoms with Crippen LogP contribution in [-0.4, -0.2) is 21.9 Å². The van der Waals surface area contributed by atoms with Gasteiger partial charge in [-0.25, -0.2) is 9.97 Å². The topological polar surface area (TPSA) is 80.9 Å². The molecular formula is C17H22N4O. The minimum absolute atomic E-state index is 0.0909. The van der Waals surface area contributed by atoms with Crippen LogP contribution in [0.15, 0.2) is 30.5 Å². The smallest absolute Gasteiger partial charge is 0.256 e. The average molecular weight is 298 g/mol. The molecule has 2 aromatic rings. The largest absolute Gasteiger partial charge is 0.383 e. The van der Waals surface area contributed by atoms with E-state index in [-0.39, 0.29) is 17.8 Å². The zero-order valence-corrected chi connectivity index (χ0v) is 13.3. The molecule has 1 aromatic carbocycles. The number of amides is 1. The van der Waals surface area contributed by atoms with Crippen LogP contribution in [0.1, 0.15) is 43.1 Å². The third-order valence-electron chi connectivity index (χ3n) is 3.67. The SMILES string of the molecule is CCc1ccc(-c2ncc(C(=O)NC(C)CC)c(N)n2)cc1. The van der Waals surface area contributed by atoms with Crippen molar-refractivity contribution in [3.05, 3.63) is 41.6 Å². The van der Waals surface area contributed by atoms with Crippen LogP contribution in [0.25, 0.3) is 11.4 Å². The van der Waals surface area contributed by atoms with E-state index < -0.39 is 0 Å². The first-order valence-corrected chi connectivity index (χ1v) is 7.57. The van der Waals surface area contributed by atoms with Gasteiger partial charge in [0.05, 0.1) is 5.56 Å². The highest BCUT2D eigenvalue weighted by Gasteiger charge is 2.14. The standard InChI is InChI=1S/C17H22N4O/c1-4-11(3)20-17(22)14-10-19-16(21-15(14)18)13-8-6-12(5-2)7-9-13/h6-11H,4-5H2,1-3H3,(H,20,22)(H2,18,19,21). The molecule has 0 fully saturated rings. The number of carbonyl (C=O) groups excluding carboxylic acids is 1. The van der Waals surface area contributed by atoms with Crippen LogP contribution in [-0.2, 0) is 6.42 Å². The summed E-state index contributed by atoms with van der Waals surface area (Å²) in [6.45, 7) is 6.06. The van der Waals surface area contributed by atoms with Crippen molar-refractivity contribution >= 4 is 11.7 Å². The maximum absolute atomic E-state index is 12.1. The highest BCUT2D eigenvalue weighted by Crippen LogP contribution is 2.18. The summed E-state index contributed by atoms with van der Waals surface area (Å²) in [5.74, 6) is 0.491. The minimum Gasteiger partial charge on any atom is -0.383 e. The van der Waals surface area contributed by atoms with E-state index in [9.17, 15) is 4.79 Å². The van der Waals surface area contributed by atoms with E-state index in [0.717, 1.165) is 18.4 Å². The number of rotatable bonds is 5. The van der Waals surface area contributed by atoms with E-state index >= 15 is 0 Å². The van der Waals surface area contributed by atoms with Crippen LogP contribution in [0, 0.1) is 0 Å². The van der Waals surface area contributed by atoms with Crippen LogP contribution < -0.4 is 11.1 Å². The van der Waals surface area contributed by atoms with Crippen molar-refractivity contribution in [3.8, 4) is 11.4 Å². The number of nitrogens with zero attached hydrogens (tertiary/aromatic N) is 2. The number of benzene rings is 1. The molecule has 1 atom stereocenters. The Bertz CT molecular complexity index is 652. The van der Waals surface area contributed by atoms with Crippen LogP contribution >= 0.6 is 0 Å². The van der Waals surface area contributed by atoms with E-state index in [1.807, 2.05) is 38.1 Å². The normalized spacial score (nSPS) is 12.0. The third-order valence-corrected chi connectivity index (χ3v) is 3.67. The number of carbonyl (C=O) groups is 1. The molecule has 0 saturated heterocycles. The Hall–Kier alpha value is -2.43. The fourth-order valence-electron chi connectivity index (χ4n) is 2.00. The molecule has 5 heteroatoms. The summed E-state index contributed by atoms with van der Waals surface area (Å²) in [5.41, 5.74) is 8.37. The maximum atomic E-state index is 12.1. The van der Waals surface area contributed by atoms with Gasteiger partial charge in [-0.2, -0.15) is 0 Å². The van der Waals surface area contributed by atoms with Crippen molar-refractivity contribution in [1.82, 2.24) is 15.3 Å². The lowest BCUT2D eigenvalue weighted by molar-refractivity contribution is 0.0939. The fraction of sp³-hybridized carbons (Fsp3) is 0.353. The molecule has 1 heterocycles. The zero-order chi connectivity index (χ0) is 16.1. The number of nitrogen functional groups attached to an aromatic ring is 1. The molecule has 1 unspecified atom stereocenters. The van der Waals surface area contributed by atoms with Crippen LogP contribution in [0.2, 0.25) is 0 Å². The summed E-state index contributed by atoms with van der Waals surface area (Å²) in [6, 6.07) is 8.10. The van der Waals surface area contributed by atoms with Gasteiger partial charge in [-0.1, -0.05) is 38.1 Å². The Morgan fingerprint density at radius 3 is 2.50 bits per heavy atom. The molecular weight excluding hydrogens is 276 g/mol. The van der Waals surface area contributed by atoms with Gasteiger partial charge in [0.2, 0.25) is 0 Å². The van der Waals surface area contributed by atoms with E-state index in [0.29, 0.717) is 11.4 Å². The van der Waals surface area contributed by atoms with Gasteiger partial charge in [0.25, 0.3) is 5.91 Å². The van der Waals surface area contributed by atoms with Crippen LogP contribution in [0.4, 0.5) is 5.82 Å². The Labute approximate surface area is 131 Å². The second-order valence-corrected chi connectivity index (χ2v) is 5.33. The highest BCUT2D eigenvalue weighted by atomic mass is 16.1. The van der Waals surface area contributed by atoms with Gasteiger partial charge in [-0.3, -0.25) is 4.79 Å². The first kappa shape index (κ1) is 15.9. The lowest BCUT2D eigenvalue weighted by atomic mass is 10.1.